The Labute approximate surface area is 128 Å². The summed E-state index contributed by atoms with van der Waals surface area (Å²) in [7, 11) is -1.85. The molecular weight excluding hydrogens is 288 g/mol. The van der Waals surface area contributed by atoms with Crippen molar-refractivity contribution in [3.63, 3.8) is 0 Å². The molecule has 0 saturated heterocycles. The molecule has 0 radical (unpaired) electrons. The van der Waals surface area contributed by atoms with E-state index in [1.807, 2.05) is 19.1 Å². The summed E-state index contributed by atoms with van der Waals surface area (Å²) in [5.74, 6) is 0. The summed E-state index contributed by atoms with van der Waals surface area (Å²) in [6.07, 6.45) is 0.897. The van der Waals surface area contributed by atoms with Crippen LogP contribution in [0.1, 0.15) is 19.4 Å². The highest BCUT2D eigenvalue weighted by molar-refractivity contribution is 7.89. The molecule has 0 heterocycles. The highest BCUT2D eigenvalue weighted by Gasteiger charge is 2.20. The van der Waals surface area contributed by atoms with Crippen molar-refractivity contribution >= 4 is 10.0 Å². The van der Waals surface area contributed by atoms with Gasteiger partial charge in [-0.25, -0.2) is 8.42 Å². The van der Waals surface area contributed by atoms with Crippen molar-refractivity contribution in [3.8, 4) is 0 Å². The van der Waals surface area contributed by atoms with Crippen molar-refractivity contribution in [3.05, 3.63) is 29.8 Å². The topological polar surface area (TPSA) is 58.6 Å². The Kier molecular flexibility index (Phi) is 7.88. The second kappa shape index (κ2) is 9.15. The molecule has 0 bridgehead atoms. The quantitative estimate of drug-likeness (QED) is 0.665. The van der Waals surface area contributed by atoms with Crippen LogP contribution in [0.3, 0.4) is 0 Å². The zero-order valence-electron chi connectivity index (χ0n) is 13.1. The molecule has 0 fully saturated rings. The molecule has 0 aliphatic carbocycles. The number of nitrogens with zero attached hydrogens (tertiary/aromatic N) is 1. The van der Waals surface area contributed by atoms with Crippen LogP contribution in [0.25, 0.3) is 0 Å². The Morgan fingerprint density at radius 1 is 1.19 bits per heavy atom. The van der Waals surface area contributed by atoms with Crippen LogP contribution in [-0.2, 0) is 21.2 Å². The van der Waals surface area contributed by atoms with Crippen LogP contribution in [0.15, 0.2) is 29.2 Å². The van der Waals surface area contributed by atoms with E-state index < -0.39 is 10.0 Å². The van der Waals surface area contributed by atoms with E-state index in [0.717, 1.165) is 25.1 Å². The third-order valence-corrected chi connectivity index (χ3v) is 5.10. The first-order chi connectivity index (χ1) is 10.0. The van der Waals surface area contributed by atoms with E-state index in [2.05, 4.69) is 12.2 Å². The monoisotopic (exact) mass is 314 g/mol. The van der Waals surface area contributed by atoms with Crippen LogP contribution >= 0.6 is 0 Å². The Hall–Kier alpha value is -0.950. The van der Waals surface area contributed by atoms with Gasteiger partial charge >= 0.3 is 0 Å². The van der Waals surface area contributed by atoms with Crippen molar-refractivity contribution in [2.45, 2.75) is 25.2 Å². The summed E-state index contributed by atoms with van der Waals surface area (Å²) in [5.41, 5.74) is 1.13. The normalized spacial score (nSPS) is 12.0. The van der Waals surface area contributed by atoms with Gasteiger partial charge in [0.2, 0.25) is 10.0 Å². The fraction of sp³-hybridized carbons (Fsp3) is 0.600. The van der Waals surface area contributed by atoms with Crippen LogP contribution in [0.4, 0.5) is 0 Å². The number of nitrogens with one attached hydrogen (secondary N) is 1. The molecule has 1 aromatic carbocycles. The summed E-state index contributed by atoms with van der Waals surface area (Å²) in [5, 5.41) is 3.25. The number of benzene rings is 1. The van der Waals surface area contributed by atoms with Gasteiger partial charge in [0.1, 0.15) is 0 Å². The van der Waals surface area contributed by atoms with E-state index in [1.54, 1.807) is 19.2 Å². The standard InChI is InChI=1S/C15H26N2O3S/c1-4-16-11-10-14-6-8-15(9-7-14)21(18,19)17(3)12-13-20-5-2/h6-9,16H,4-5,10-13H2,1-3H3. The molecule has 1 aromatic rings. The van der Waals surface area contributed by atoms with Crippen LogP contribution in [0.5, 0.6) is 0 Å². The third kappa shape index (κ3) is 5.74. The predicted molar refractivity (Wildman–Crippen MR) is 85.0 cm³/mol. The van der Waals surface area contributed by atoms with Gasteiger partial charge in [0.25, 0.3) is 0 Å². The lowest BCUT2D eigenvalue weighted by molar-refractivity contribution is 0.138. The zero-order chi connectivity index (χ0) is 15.7. The third-order valence-electron chi connectivity index (χ3n) is 3.23. The highest BCUT2D eigenvalue weighted by atomic mass is 32.2. The van der Waals surface area contributed by atoms with Crippen molar-refractivity contribution in [2.24, 2.45) is 0 Å². The minimum atomic E-state index is -3.42. The van der Waals surface area contributed by atoms with Crippen molar-refractivity contribution in [2.75, 3.05) is 39.9 Å². The smallest absolute Gasteiger partial charge is 0.242 e. The lowest BCUT2D eigenvalue weighted by Crippen LogP contribution is -2.30. The fourth-order valence-electron chi connectivity index (χ4n) is 1.88. The Bertz CT molecular complexity index is 500. The minimum Gasteiger partial charge on any atom is -0.380 e. The predicted octanol–water partition coefficient (Wildman–Crippen LogP) is 1.50. The molecule has 0 unspecified atom stereocenters. The van der Waals surface area contributed by atoms with E-state index in [9.17, 15) is 8.42 Å². The van der Waals surface area contributed by atoms with E-state index in [0.29, 0.717) is 24.7 Å². The molecule has 5 nitrogen and oxygen atoms in total. The number of ether oxygens (including phenoxy) is 1. The number of sulfonamides is 1. The van der Waals surface area contributed by atoms with Gasteiger partial charge < -0.3 is 10.1 Å². The zero-order valence-corrected chi connectivity index (χ0v) is 13.9. The number of likely N-dealkylation sites (N-methyl/N-ethyl adjacent to an activating group) is 2. The largest absolute Gasteiger partial charge is 0.380 e. The van der Waals surface area contributed by atoms with E-state index >= 15 is 0 Å². The molecule has 0 aliphatic rings. The van der Waals surface area contributed by atoms with Gasteiger partial charge in [-0.1, -0.05) is 19.1 Å². The van der Waals surface area contributed by atoms with Gasteiger partial charge in [0.05, 0.1) is 11.5 Å². The average Bonchev–Trinajstić information content (AvgIpc) is 2.48. The molecule has 1 N–H and O–H groups in total. The lowest BCUT2D eigenvalue weighted by atomic mass is 10.1. The number of rotatable bonds is 10. The Morgan fingerprint density at radius 2 is 1.86 bits per heavy atom. The molecule has 0 aliphatic heterocycles. The maximum atomic E-state index is 12.4. The minimum absolute atomic E-state index is 0.327. The summed E-state index contributed by atoms with van der Waals surface area (Å²) < 4.78 is 31.2. The molecule has 0 aromatic heterocycles. The molecule has 120 valence electrons. The van der Waals surface area contributed by atoms with Gasteiger partial charge in [0, 0.05) is 20.2 Å². The molecule has 0 amide bonds. The summed E-state index contributed by atoms with van der Waals surface area (Å²) >= 11 is 0. The van der Waals surface area contributed by atoms with Crippen molar-refractivity contribution < 1.29 is 13.2 Å². The lowest BCUT2D eigenvalue weighted by Gasteiger charge is -2.17. The second-order valence-corrected chi connectivity index (χ2v) is 6.82. The first kappa shape index (κ1) is 18.1. The fourth-order valence-corrected chi connectivity index (χ4v) is 3.03. The van der Waals surface area contributed by atoms with Crippen LogP contribution in [-0.4, -0.2) is 52.6 Å². The second-order valence-electron chi connectivity index (χ2n) is 4.77. The average molecular weight is 314 g/mol. The maximum absolute atomic E-state index is 12.4. The number of hydrogen-bond donors (Lipinski definition) is 1. The number of hydrogen-bond acceptors (Lipinski definition) is 4. The molecule has 21 heavy (non-hydrogen) atoms. The molecular formula is C15H26N2O3S. The van der Waals surface area contributed by atoms with Gasteiger partial charge in [-0.2, -0.15) is 4.31 Å². The maximum Gasteiger partial charge on any atom is 0.242 e. The van der Waals surface area contributed by atoms with Gasteiger partial charge in [-0.05, 0) is 44.1 Å². The summed E-state index contributed by atoms with van der Waals surface area (Å²) in [4.78, 5) is 0.327. The van der Waals surface area contributed by atoms with Gasteiger partial charge in [-0.3, -0.25) is 0 Å². The van der Waals surface area contributed by atoms with E-state index in [1.165, 1.54) is 4.31 Å². The highest BCUT2D eigenvalue weighted by Crippen LogP contribution is 2.15. The molecule has 0 saturated carbocycles. The SMILES string of the molecule is CCNCCc1ccc(S(=O)(=O)N(C)CCOCC)cc1. The molecule has 1 rings (SSSR count). The molecule has 6 heteroatoms. The van der Waals surface area contributed by atoms with Crippen molar-refractivity contribution in [1.82, 2.24) is 9.62 Å². The summed E-state index contributed by atoms with van der Waals surface area (Å²) in [6, 6.07) is 7.10. The van der Waals surface area contributed by atoms with Gasteiger partial charge in [0.15, 0.2) is 0 Å². The first-order valence-corrected chi connectivity index (χ1v) is 8.80. The molecule has 0 atom stereocenters. The van der Waals surface area contributed by atoms with Crippen LogP contribution < -0.4 is 5.32 Å². The van der Waals surface area contributed by atoms with Crippen LogP contribution in [0, 0.1) is 0 Å². The first-order valence-electron chi connectivity index (χ1n) is 7.36. The van der Waals surface area contributed by atoms with E-state index in [4.69, 9.17) is 4.74 Å². The van der Waals surface area contributed by atoms with Crippen LogP contribution in [0.2, 0.25) is 0 Å². The van der Waals surface area contributed by atoms with E-state index in [-0.39, 0.29) is 0 Å². The van der Waals surface area contributed by atoms with Gasteiger partial charge in [-0.15, -0.1) is 0 Å². The van der Waals surface area contributed by atoms with Crippen molar-refractivity contribution in [1.29, 1.82) is 0 Å². The molecule has 0 spiro atoms. The Morgan fingerprint density at radius 3 is 2.43 bits per heavy atom. The Balaban J connectivity index is 2.66. The summed E-state index contributed by atoms with van der Waals surface area (Å²) in [6.45, 7) is 7.15.